The Morgan fingerprint density at radius 1 is 1.12 bits per heavy atom. The van der Waals surface area contributed by atoms with E-state index in [1.54, 1.807) is 0 Å². The number of rotatable bonds is 2. The van der Waals surface area contributed by atoms with E-state index < -0.39 is 23.4 Å². The highest BCUT2D eigenvalue weighted by molar-refractivity contribution is 6.00. The molecule has 1 aromatic carbocycles. The number of nitrogens with zero attached hydrogens (tertiary/aromatic N) is 2. The second-order valence-electron chi connectivity index (χ2n) is 3.13. The molecular weight excluding hydrogens is 233 g/mol. The maximum absolute atomic E-state index is 12.2. The van der Waals surface area contributed by atoms with E-state index in [1.807, 2.05) is 0 Å². The van der Waals surface area contributed by atoms with Crippen LogP contribution in [0.1, 0.15) is 15.9 Å². The van der Waals surface area contributed by atoms with E-state index in [9.17, 15) is 18.0 Å². The van der Waals surface area contributed by atoms with Gasteiger partial charge in [-0.15, -0.1) is 0 Å². The zero-order chi connectivity index (χ0) is 13.1. The second kappa shape index (κ2) is 4.67. The fourth-order valence-corrected chi connectivity index (χ4v) is 1.14. The lowest BCUT2D eigenvalue weighted by atomic mass is 9.99. The lowest BCUT2D eigenvalue weighted by Gasteiger charge is -2.07. The zero-order valence-corrected chi connectivity index (χ0v) is 8.32. The summed E-state index contributed by atoms with van der Waals surface area (Å²) in [5, 5.41) is 16.9. The Balaban J connectivity index is 3.02. The summed E-state index contributed by atoms with van der Waals surface area (Å²) in [7, 11) is 0. The molecule has 0 heterocycles. The highest BCUT2D eigenvalue weighted by Gasteiger charge is 2.30. The number of ketones is 1. The quantitative estimate of drug-likeness (QED) is 0.743. The van der Waals surface area contributed by atoms with Crippen molar-refractivity contribution in [2.45, 2.75) is 6.18 Å². The maximum atomic E-state index is 12.2. The summed E-state index contributed by atoms with van der Waals surface area (Å²) in [6.45, 7) is 0. The maximum Gasteiger partial charge on any atom is 0.416 e. The third-order valence-electron chi connectivity index (χ3n) is 2.02. The number of Topliss-reactive ketones (excluding diaryl/α,β-unsaturated/α-hetero) is 1. The molecule has 0 amide bonds. The van der Waals surface area contributed by atoms with Crippen LogP contribution in [0.4, 0.5) is 13.2 Å². The van der Waals surface area contributed by atoms with Crippen LogP contribution in [0.25, 0.3) is 0 Å². The Morgan fingerprint density at radius 3 is 1.94 bits per heavy atom. The van der Waals surface area contributed by atoms with Gasteiger partial charge in [0, 0.05) is 5.56 Å². The van der Waals surface area contributed by atoms with Gasteiger partial charge in [0.2, 0.25) is 0 Å². The van der Waals surface area contributed by atoms with E-state index in [2.05, 4.69) is 0 Å². The molecule has 0 aliphatic carbocycles. The number of hydrogen-bond acceptors (Lipinski definition) is 3. The van der Waals surface area contributed by atoms with E-state index in [0.717, 1.165) is 24.3 Å². The number of carbonyl (C=O) groups excluding carboxylic acids is 1. The highest BCUT2D eigenvalue weighted by Crippen LogP contribution is 2.29. The molecule has 86 valence electrons. The van der Waals surface area contributed by atoms with E-state index in [-0.39, 0.29) is 5.56 Å². The van der Waals surface area contributed by atoms with Crippen molar-refractivity contribution < 1.29 is 18.0 Å². The van der Waals surface area contributed by atoms with Gasteiger partial charge in [-0.1, -0.05) is 12.1 Å². The molecule has 0 fully saturated rings. The largest absolute Gasteiger partial charge is 0.416 e. The fraction of sp³-hybridized carbons (Fsp3) is 0.182. The summed E-state index contributed by atoms with van der Waals surface area (Å²) in [6.07, 6.45) is -4.48. The van der Waals surface area contributed by atoms with Gasteiger partial charge in [-0.3, -0.25) is 4.79 Å². The van der Waals surface area contributed by atoms with E-state index in [4.69, 9.17) is 10.5 Å². The third-order valence-corrected chi connectivity index (χ3v) is 2.02. The Kier molecular flexibility index (Phi) is 3.49. The average Bonchev–Trinajstić information content (AvgIpc) is 2.29. The predicted molar refractivity (Wildman–Crippen MR) is 50.5 cm³/mol. The number of hydrogen-bond donors (Lipinski definition) is 0. The number of alkyl halides is 3. The molecule has 0 unspecified atom stereocenters. The normalized spacial score (nSPS) is 10.7. The topological polar surface area (TPSA) is 64.7 Å². The van der Waals surface area contributed by atoms with E-state index >= 15 is 0 Å². The highest BCUT2D eigenvalue weighted by atomic mass is 19.4. The zero-order valence-electron chi connectivity index (χ0n) is 8.32. The van der Waals surface area contributed by atoms with Crippen LogP contribution in [0, 0.1) is 28.6 Å². The summed E-state index contributed by atoms with van der Waals surface area (Å²) in [4.78, 5) is 11.4. The second-order valence-corrected chi connectivity index (χ2v) is 3.13. The van der Waals surface area contributed by atoms with Crippen LogP contribution >= 0.6 is 0 Å². The van der Waals surface area contributed by atoms with Crippen LogP contribution in [0.15, 0.2) is 24.3 Å². The molecule has 0 saturated heterocycles. The molecule has 17 heavy (non-hydrogen) atoms. The third kappa shape index (κ3) is 2.82. The summed E-state index contributed by atoms with van der Waals surface area (Å²) in [5.74, 6) is -2.30. The number of halogens is 3. The monoisotopic (exact) mass is 238 g/mol. The minimum Gasteiger partial charge on any atom is -0.291 e. The lowest BCUT2D eigenvalue weighted by Crippen LogP contribution is -2.11. The average molecular weight is 238 g/mol. The first-order valence-electron chi connectivity index (χ1n) is 4.41. The molecule has 0 saturated carbocycles. The molecule has 0 radical (unpaired) electrons. The van der Waals surface area contributed by atoms with Gasteiger partial charge >= 0.3 is 6.18 Å². The number of carbonyl (C=O) groups is 1. The van der Waals surface area contributed by atoms with Gasteiger partial charge in [0.15, 0.2) is 11.7 Å². The molecule has 0 atom stereocenters. The molecule has 0 bridgehead atoms. The molecule has 1 rings (SSSR count). The van der Waals surface area contributed by atoms with Gasteiger partial charge in [-0.2, -0.15) is 23.7 Å². The molecule has 0 N–H and O–H groups in total. The van der Waals surface area contributed by atoms with Crippen LogP contribution in [-0.4, -0.2) is 5.78 Å². The van der Waals surface area contributed by atoms with Crippen LogP contribution in [-0.2, 0) is 6.18 Å². The predicted octanol–water partition coefficient (Wildman–Crippen LogP) is 2.55. The molecule has 0 aromatic heterocycles. The molecule has 0 aliphatic rings. The van der Waals surface area contributed by atoms with Crippen molar-refractivity contribution in [1.29, 1.82) is 10.5 Å². The first-order chi connectivity index (χ1) is 7.90. The van der Waals surface area contributed by atoms with Crippen molar-refractivity contribution in [3.63, 3.8) is 0 Å². The van der Waals surface area contributed by atoms with Gasteiger partial charge in [0.25, 0.3) is 0 Å². The van der Waals surface area contributed by atoms with Gasteiger partial charge in [0.05, 0.1) is 17.7 Å². The first-order valence-corrected chi connectivity index (χ1v) is 4.41. The number of nitriles is 2. The molecule has 1 aromatic rings. The van der Waals surface area contributed by atoms with Gasteiger partial charge in [-0.25, -0.2) is 0 Å². The minimum atomic E-state index is -4.48. The van der Waals surface area contributed by atoms with Crippen molar-refractivity contribution in [1.82, 2.24) is 0 Å². The summed E-state index contributed by atoms with van der Waals surface area (Å²) >= 11 is 0. The van der Waals surface area contributed by atoms with Crippen LogP contribution in [0.3, 0.4) is 0 Å². The first kappa shape index (κ1) is 12.7. The Bertz CT molecular complexity index is 491. The standard InChI is InChI=1S/C11H5F3N2O/c12-11(13,14)9-3-1-7(2-4-9)10(17)8(5-15)6-16/h1-4,8H. The van der Waals surface area contributed by atoms with Crippen molar-refractivity contribution in [2.75, 3.05) is 0 Å². The van der Waals surface area contributed by atoms with Crippen LogP contribution < -0.4 is 0 Å². The summed E-state index contributed by atoms with van der Waals surface area (Å²) in [5.41, 5.74) is -0.981. The van der Waals surface area contributed by atoms with E-state index in [1.165, 1.54) is 12.1 Å². The SMILES string of the molecule is N#CC(C#N)C(=O)c1ccc(C(F)(F)F)cc1. The van der Waals surface area contributed by atoms with Crippen molar-refractivity contribution >= 4 is 5.78 Å². The van der Waals surface area contributed by atoms with Crippen LogP contribution in [0.5, 0.6) is 0 Å². The van der Waals surface area contributed by atoms with E-state index in [0.29, 0.717) is 0 Å². The Labute approximate surface area is 94.7 Å². The molecule has 0 spiro atoms. The minimum absolute atomic E-state index is 0.0916. The van der Waals surface area contributed by atoms with Gasteiger partial charge < -0.3 is 0 Å². The number of benzene rings is 1. The Morgan fingerprint density at radius 2 is 1.59 bits per heavy atom. The fourth-order valence-electron chi connectivity index (χ4n) is 1.14. The smallest absolute Gasteiger partial charge is 0.291 e. The molecule has 0 aliphatic heterocycles. The molecule has 6 heteroatoms. The van der Waals surface area contributed by atoms with Gasteiger partial charge in [-0.05, 0) is 12.1 Å². The van der Waals surface area contributed by atoms with Crippen molar-refractivity contribution in [2.24, 2.45) is 5.92 Å². The van der Waals surface area contributed by atoms with Crippen molar-refractivity contribution in [3.05, 3.63) is 35.4 Å². The summed E-state index contributed by atoms with van der Waals surface area (Å²) in [6, 6.07) is 6.30. The van der Waals surface area contributed by atoms with Crippen LogP contribution in [0.2, 0.25) is 0 Å². The van der Waals surface area contributed by atoms with Gasteiger partial charge in [0.1, 0.15) is 0 Å². The summed E-state index contributed by atoms with van der Waals surface area (Å²) < 4.78 is 36.7. The Hall–Kier alpha value is -2.34. The lowest BCUT2D eigenvalue weighted by molar-refractivity contribution is -0.137. The molecular formula is C11H5F3N2O. The molecule has 3 nitrogen and oxygen atoms in total. The van der Waals surface area contributed by atoms with Crippen molar-refractivity contribution in [3.8, 4) is 12.1 Å².